The number of methoxy groups -OCH3 is 1. The van der Waals surface area contributed by atoms with Crippen LogP contribution in [-0.4, -0.2) is 20.3 Å². The molecule has 0 aliphatic heterocycles. The third-order valence-corrected chi connectivity index (χ3v) is 2.92. The first kappa shape index (κ1) is 14.8. The highest BCUT2D eigenvalue weighted by Gasteiger charge is 2.14. The second-order valence-electron chi connectivity index (χ2n) is 4.25. The summed E-state index contributed by atoms with van der Waals surface area (Å²) in [5.74, 6) is 1.50. The predicted molar refractivity (Wildman–Crippen MR) is 74.1 cm³/mol. The van der Waals surface area contributed by atoms with Gasteiger partial charge in [-0.05, 0) is 36.1 Å². The monoisotopic (exact) mass is 252 g/mol. The van der Waals surface area contributed by atoms with Crippen LogP contribution >= 0.6 is 0 Å². The lowest BCUT2D eigenvalue weighted by Crippen LogP contribution is -2.22. The summed E-state index contributed by atoms with van der Waals surface area (Å²) in [6.45, 7) is 5.25. The normalized spacial score (nSPS) is 12.3. The summed E-state index contributed by atoms with van der Waals surface area (Å²) in [5.41, 5.74) is 13.9. The lowest BCUT2D eigenvalue weighted by atomic mass is 9.98. The van der Waals surface area contributed by atoms with Gasteiger partial charge in [0.15, 0.2) is 11.5 Å². The topological polar surface area (TPSA) is 70.5 Å². The van der Waals surface area contributed by atoms with Crippen molar-refractivity contribution >= 4 is 0 Å². The minimum atomic E-state index is -0.158. The van der Waals surface area contributed by atoms with Gasteiger partial charge in [0.05, 0.1) is 13.7 Å². The molecule has 0 aliphatic carbocycles. The Labute approximate surface area is 109 Å². The van der Waals surface area contributed by atoms with Crippen LogP contribution in [0.5, 0.6) is 11.5 Å². The number of hydrogen-bond donors (Lipinski definition) is 2. The molecule has 0 radical (unpaired) electrons. The summed E-state index contributed by atoms with van der Waals surface area (Å²) < 4.78 is 11.0. The van der Waals surface area contributed by atoms with E-state index in [2.05, 4.69) is 13.8 Å². The lowest BCUT2D eigenvalue weighted by molar-refractivity contribution is 0.293. The Morgan fingerprint density at radius 2 is 1.94 bits per heavy atom. The van der Waals surface area contributed by atoms with Crippen LogP contribution in [0.1, 0.15) is 37.4 Å². The summed E-state index contributed by atoms with van der Waals surface area (Å²) in [7, 11) is 1.65. The van der Waals surface area contributed by atoms with E-state index in [0.29, 0.717) is 13.2 Å². The van der Waals surface area contributed by atoms with E-state index in [-0.39, 0.29) is 6.04 Å². The van der Waals surface area contributed by atoms with Crippen molar-refractivity contribution in [2.45, 2.75) is 32.7 Å². The molecule has 0 aliphatic rings. The fourth-order valence-corrected chi connectivity index (χ4v) is 1.88. The molecule has 0 amide bonds. The van der Waals surface area contributed by atoms with Crippen LogP contribution in [0.15, 0.2) is 12.1 Å². The first-order chi connectivity index (χ1) is 8.67. The molecule has 4 N–H and O–H groups in total. The molecule has 18 heavy (non-hydrogen) atoms. The fourth-order valence-electron chi connectivity index (χ4n) is 1.88. The predicted octanol–water partition coefficient (Wildman–Crippen LogP) is 2.00. The number of aryl methyl sites for hydroxylation is 1. The van der Waals surface area contributed by atoms with Crippen molar-refractivity contribution in [1.82, 2.24) is 0 Å². The van der Waals surface area contributed by atoms with Crippen molar-refractivity contribution < 1.29 is 9.47 Å². The van der Waals surface area contributed by atoms with Gasteiger partial charge in [-0.2, -0.15) is 0 Å². The first-order valence-electron chi connectivity index (χ1n) is 6.47. The minimum Gasteiger partial charge on any atom is -0.493 e. The Hall–Kier alpha value is -1.26. The molecule has 1 unspecified atom stereocenters. The van der Waals surface area contributed by atoms with E-state index in [0.717, 1.165) is 35.5 Å². The molecule has 4 nitrogen and oxygen atoms in total. The number of ether oxygens (including phenoxy) is 2. The SMILES string of the molecule is CCCOc1cc(C(N)CN)c(CC)cc1OC. The molecule has 0 saturated heterocycles. The van der Waals surface area contributed by atoms with E-state index in [1.807, 2.05) is 12.1 Å². The number of benzene rings is 1. The van der Waals surface area contributed by atoms with Crippen molar-refractivity contribution in [2.75, 3.05) is 20.3 Å². The van der Waals surface area contributed by atoms with E-state index in [1.165, 1.54) is 0 Å². The quantitative estimate of drug-likeness (QED) is 0.778. The van der Waals surface area contributed by atoms with E-state index in [9.17, 15) is 0 Å². The van der Waals surface area contributed by atoms with Crippen molar-refractivity contribution in [3.05, 3.63) is 23.3 Å². The lowest BCUT2D eigenvalue weighted by Gasteiger charge is -2.18. The summed E-state index contributed by atoms with van der Waals surface area (Å²) in [6, 6.07) is 3.80. The molecular formula is C14H24N2O2. The van der Waals surface area contributed by atoms with E-state index < -0.39 is 0 Å². The molecule has 0 aromatic heterocycles. The molecule has 1 rings (SSSR count). The van der Waals surface area contributed by atoms with Crippen molar-refractivity contribution in [2.24, 2.45) is 11.5 Å². The van der Waals surface area contributed by atoms with Gasteiger partial charge < -0.3 is 20.9 Å². The number of rotatable bonds is 7. The highest BCUT2D eigenvalue weighted by molar-refractivity contribution is 5.48. The van der Waals surface area contributed by atoms with Crippen LogP contribution in [0.3, 0.4) is 0 Å². The average molecular weight is 252 g/mol. The Balaban J connectivity index is 3.16. The maximum atomic E-state index is 6.04. The fraction of sp³-hybridized carbons (Fsp3) is 0.571. The summed E-state index contributed by atoms with van der Waals surface area (Å²) in [6.07, 6.45) is 1.85. The summed E-state index contributed by atoms with van der Waals surface area (Å²) in [5, 5.41) is 0. The smallest absolute Gasteiger partial charge is 0.161 e. The van der Waals surface area contributed by atoms with Crippen LogP contribution in [0, 0.1) is 0 Å². The van der Waals surface area contributed by atoms with Gasteiger partial charge in [0.1, 0.15) is 0 Å². The van der Waals surface area contributed by atoms with Gasteiger partial charge in [-0.1, -0.05) is 13.8 Å². The largest absolute Gasteiger partial charge is 0.493 e. The van der Waals surface area contributed by atoms with Gasteiger partial charge in [-0.15, -0.1) is 0 Å². The van der Waals surface area contributed by atoms with E-state index in [1.54, 1.807) is 7.11 Å². The molecule has 0 saturated carbocycles. The third-order valence-electron chi connectivity index (χ3n) is 2.92. The van der Waals surface area contributed by atoms with Crippen molar-refractivity contribution in [1.29, 1.82) is 0 Å². The third kappa shape index (κ3) is 3.37. The van der Waals surface area contributed by atoms with E-state index in [4.69, 9.17) is 20.9 Å². The second kappa shape index (κ2) is 7.24. The van der Waals surface area contributed by atoms with Crippen LogP contribution < -0.4 is 20.9 Å². The molecule has 0 fully saturated rings. The molecule has 1 atom stereocenters. The van der Waals surface area contributed by atoms with Gasteiger partial charge in [0, 0.05) is 12.6 Å². The van der Waals surface area contributed by atoms with Crippen molar-refractivity contribution in [3.8, 4) is 11.5 Å². The first-order valence-corrected chi connectivity index (χ1v) is 6.47. The molecule has 4 heteroatoms. The molecule has 1 aromatic carbocycles. The van der Waals surface area contributed by atoms with Crippen LogP contribution in [-0.2, 0) is 6.42 Å². The molecular weight excluding hydrogens is 228 g/mol. The van der Waals surface area contributed by atoms with Gasteiger partial charge in [-0.25, -0.2) is 0 Å². The van der Waals surface area contributed by atoms with Crippen LogP contribution in [0.25, 0.3) is 0 Å². The summed E-state index contributed by atoms with van der Waals surface area (Å²) >= 11 is 0. The standard InChI is InChI=1S/C14H24N2O2/c1-4-6-18-14-8-11(12(16)9-15)10(5-2)7-13(14)17-3/h7-8,12H,4-6,9,15-16H2,1-3H3. The van der Waals surface area contributed by atoms with Gasteiger partial charge in [-0.3, -0.25) is 0 Å². The van der Waals surface area contributed by atoms with Crippen LogP contribution in [0.2, 0.25) is 0 Å². The second-order valence-corrected chi connectivity index (χ2v) is 4.25. The molecule has 102 valence electrons. The number of hydrogen-bond acceptors (Lipinski definition) is 4. The highest BCUT2D eigenvalue weighted by Crippen LogP contribution is 2.33. The van der Waals surface area contributed by atoms with Gasteiger partial charge >= 0.3 is 0 Å². The zero-order valence-electron chi connectivity index (χ0n) is 11.5. The zero-order chi connectivity index (χ0) is 13.5. The molecule has 0 heterocycles. The minimum absolute atomic E-state index is 0.158. The Bertz CT molecular complexity index is 380. The number of nitrogens with two attached hydrogens (primary N) is 2. The van der Waals surface area contributed by atoms with Gasteiger partial charge in [0.25, 0.3) is 0 Å². The highest BCUT2D eigenvalue weighted by atomic mass is 16.5. The molecule has 1 aromatic rings. The van der Waals surface area contributed by atoms with Crippen LogP contribution in [0.4, 0.5) is 0 Å². The average Bonchev–Trinajstić information content (AvgIpc) is 2.43. The Morgan fingerprint density at radius 1 is 1.22 bits per heavy atom. The maximum absolute atomic E-state index is 6.04. The Morgan fingerprint density at radius 3 is 2.44 bits per heavy atom. The Kier molecular flexibility index (Phi) is 5.95. The summed E-state index contributed by atoms with van der Waals surface area (Å²) in [4.78, 5) is 0. The van der Waals surface area contributed by atoms with Crippen molar-refractivity contribution in [3.63, 3.8) is 0 Å². The zero-order valence-corrected chi connectivity index (χ0v) is 11.5. The maximum Gasteiger partial charge on any atom is 0.161 e. The molecule has 0 bridgehead atoms. The molecule has 0 spiro atoms. The van der Waals surface area contributed by atoms with Gasteiger partial charge in [0.2, 0.25) is 0 Å². The van der Waals surface area contributed by atoms with E-state index >= 15 is 0 Å².